The van der Waals surface area contributed by atoms with Crippen LogP contribution in [0.5, 0.6) is 5.75 Å². The van der Waals surface area contributed by atoms with Gasteiger partial charge in [0.25, 0.3) is 5.91 Å². The van der Waals surface area contributed by atoms with Crippen LogP contribution >= 0.6 is 15.9 Å². The molecule has 0 saturated carbocycles. The fourth-order valence-electron chi connectivity index (χ4n) is 2.00. The number of likely N-dealkylation sites (N-methyl/N-ethyl adjacent to an activating group) is 1. The largest absolute Gasteiger partial charge is 0.506 e. The van der Waals surface area contributed by atoms with Gasteiger partial charge in [0.2, 0.25) is 5.91 Å². The molecule has 122 valence electrons. The summed E-state index contributed by atoms with van der Waals surface area (Å²) in [6, 6.07) is 4.84. The zero-order valence-electron chi connectivity index (χ0n) is 12.9. The van der Waals surface area contributed by atoms with Crippen LogP contribution in [0.15, 0.2) is 27.2 Å². The van der Waals surface area contributed by atoms with Crippen LogP contribution in [0.2, 0.25) is 0 Å². The molecule has 0 radical (unpaired) electrons. The zero-order chi connectivity index (χ0) is 17.1. The zero-order valence-corrected chi connectivity index (χ0v) is 14.5. The molecule has 23 heavy (non-hydrogen) atoms. The van der Waals surface area contributed by atoms with Crippen molar-refractivity contribution in [2.24, 2.45) is 0 Å². The van der Waals surface area contributed by atoms with Crippen molar-refractivity contribution >= 4 is 33.6 Å². The second kappa shape index (κ2) is 6.82. The number of anilines is 1. The highest BCUT2D eigenvalue weighted by molar-refractivity contribution is 9.10. The molecule has 1 heterocycles. The van der Waals surface area contributed by atoms with Crippen molar-refractivity contribution in [3.63, 3.8) is 0 Å². The number of nitrogens with zero attached hydrogens (tertiary/aromatic N) is 2. The van der Waals surface area contributed by atoms with Crippen LogP contribution in [0, 0.1) is 13.8 Å². The average molecular weight is 382 g/mol. The van der Waals surface area contributed by atoms with Crippen LogP contribution in [0.4, 0.5) is 5.82 Å². The number of nitrogens with one attached hydrogen (secondary N) is 1. The van der Waals surface area contributed by atoms with Crippen LogP contribution in [0.3, 0.4) is 0 Å². The standard InChI is InChI=1S/C15H16BrN3O4/c1-8-4-10(14(21)11(16)5-8)15(22)19(3)7-13(20)17-12-6-9(2)23-18-12/h4-6,21H,7H2,1-3H3,(H,17,18,20). The minimum Gasteiger partial charge on any atom is -0.506 e. The Kier molecular flexibility index (Phi) is 5.05. The van der Waals surface area contributed by atoms with Crippen molar-refractivity contribution in [3.8, 4) is 5.75 Å². The monoisotopic (exact) mass is 381 g/mol. The Hall–Kier alpha value is -2.35. The number of hydrogen-bond acceptors (Lipinski definition) is 5. The van der Waals surface area contributed by atoms with E-state index >= 15 is 0 Å². The van der Waals surface area contributed by atoms with Crippen LogP contribution in [-0.4, -0.2) is 40.6 Å². The van der Waals surface area contributed by atoms with E-state index in [9.17, 15) is 14.7 Å². The number of halogens is 1. The smallest absolute Gasteiger partial charge is 0.257 e. The van der Waals surface area contributed by atoms with Gasteiger partial charge >= 0.3 is 0 Å². The maximum absolute atomic E-state index is 12.4. The molecule has 0 aliphatic rings. The van der Waals surface area contributed by atoms with E-state index in [1.165, 1.54) is 11.9 Å². The number of benzene rings is 1. The number of phenols is 1. The Labute approximate surface area is 141 Å². The van der Waals surface area contributed by atoms with E-state index in [-0.39, 0.29) is 23.7 Å². The lowest BCUT2D eigenvalue weighted by atomic mass is 10.1. The molecule has 8 heteroatoms. The number of aromatic nitrogens is 1. The first-order valence-corrected chi connectivity index (χ1v) is 7.55. The number of carbonyl (C=O) groups is 2. The SMILES string of the molecule is Cc1cc(Br)c(O)c(C(=O)N(C)CC(=O)Nc2cc(C)on2)c1. The van der Waals surface area contributed by atoms with E-state index in [4.69, 9.17) is 4.52 Å². The molecule has 1 aromatic heterocycles. The van der Waals surface area contributed by atoms with E-state index in [0.29, 0.717) is 10.2 Å². The molecule has 2 aromatic rings. The highest BCUT2D eigenvalue weighted by Gasteiger charge is 2.20. The molecule has 0 atom stereocenters. The molecule has 7 nitrogen and oxygen atoms in total. The van der Waals surface area contributed by atoms with Crippen LogP contribution in [0.25, 0.3) is 0 Å². The first kappa shape index (κ1) is 17.0. The summed E-state index contributed by atoms with van der Waals surface area (Å²) in [5.41, 5.74) is 0.943. The van der Waals surface area contributed by atoms with Gasteiger partial charge in [-0.25, -0.2) is 0 Å². The van der Waals surface area contributed by atoms with Gasteiger partial charge in [-0.15, -0.1) is 0 Å². The molecule has 0 saturated heterocycles. The minimum atomic E-state index is -0.460. The van der Waals surface area contributed by atoms with Crippen molar-refractivity contribution < 1.29 is 19.2 Å². The number of carbonyl (C=O) groups excluding carboxylic acids is 2. The van der Waals surface area contributed by atoms with Gasteiger partial charge in [0.05, 0.1) is 16.6 Å². The fourth-order valence-corrected chi connectivity index (χ4v) is 2.57. The molecule has 0 unspecified atom stereocenters. The lowest BCUT2D eigenvalue weighted by Gasteiger charge is -2.17. The van der Waals surface area contributed by atoms with Crippen molar-refractivity contribution in [2.45, 2.75) is 13.8 Å². The Morgan fingerprint density at radius 2 is 2.04 bits per heavy atom. The Morgan fingerprint density at radius 1 is 1.35 bits per heavy atom. The van der Waals surface area contributed by atoms with Gasteiger partial charge in [0.15, 0.2) is 5.82 Å². The van der Waals surface area contributed by atoms with Crippen molar-refractivity contribution in [3.05, 3.63) is 39.6 Å². The summed E-state index contributed by atoms with van der Waals surface area (Å²) in [6.07, 6.45) is 0. The van der Waals surface area contributed by atoms with Gasteiger partial charge in [0.1, 0.15) is 11.5 Å². The number of hydrogen-bond donors (Lipinski definition) is 2. The lowest BCUT2D eigenvalue weighted by Crippen LogP contribution is -2.35. The molecule has 0 spiro atoms. The van der Waals surface area contributed by atoms with Crippen LogP contribution in [0.1, 0.15) is 21.7 Å². The van der Waals surface area contributed by atoms with Gasteiger partial charge < -0.3 is 19.8 Å². The summed E-state index contributed by atoms with van der Waals surface area (Å²) >= 11 is 3.19. The summed E-state index contributed by atoms with van der Waals surface area (Å²) in [5, 5.41) is 16.2. The van der Waals surface area contributed by atoms with Gasteiger partial charge in [-0.2, -0.15) is 0 Å². The topological polar surface area (TPSA) is 95.7 Å². The molecule has 0 bridgehead atoms. The second-order valence-electron chi connectivity index (χ2n) is 5.18. The van der Waals surface area contributed by atoms with Crippen LogP contribution < -0.4 is 5.32 Å². The van der Waals surface area contributed by atoms with Gasteiger partial charge in [-0.3, -0.25) is 9.59 Å². The van der Waals surface area contributed by atoms with Gasteiger partial charge in [-0.05, 0) is 47.5 Å². The molecule has 0 fully saturated rings. The summed E-state index contributed by atoms with van der Waals surface area (Å²) in [5.74, 6) is -0.174. The van der Waals surface area contributed by atoms with E-state index < -0.39 is 11.8 Å². The van der Waals surface area contributed by atoms with Crippen molar-refractivity contribution in [1.82, 2.24) is 10.1 Å². The molecule has 1 aromatic carbocycles. The number of rotatable bonds is 4. The summed E-state index contributed by atoms with van der Waals surface area (Å²) in [7, 11) is 1.48. The predicted octanol–water partition coefficient (Wildman–Crippen LogP) is 2.47. The number of aryl methyl sites for hydroxylation is 2. The Balaban J connectivity index is 2.06. The normalized spacial score (nSPS) is 10.4. The van der Waals surface area contributed by atoms with Crippen molar-refractivity contribution in [2.75, 3.05) is 18.9 Å². The fraction of sp³-hybridized carbons (Fsp3) is 0.267. The third-order valence-corrected chi connectivity index (χ3v) is 3.67. The maximum atomic E-state index is 12.4. The summed E-state index contributed by atoms with van der Waals surface area (Å²) < 4.78 is 5.27. The molecule has 2 rings (SSSR count). The molecular weight excluding hydrogens is 366 g/mol. The second-order valence-corrected chi connectivity index (χ2v) is 6.03. The third-order valence-electron chi connectivity index (χ3n) is 3.06. The molecule has 2 amide bonds. The highest BCUT2D eigenvalue weighted by Crippen LogP contribution is 2.30. The predicted molar refractivity (Wildman–Crippen MR) is 87.4 cm³/mol. The highest BCUT2D eigenvalue weighted by atomic mass is 79.9. The quantitative estimate of drug-likeness (QED) is 0.847. The van der Waals surface area contributed by atoms with E-state index in [0.717, 1.165) is 5.56 Å². The Bertz CT molecular complexity index is 757. The minimum absolute atomic E-state index is 0.129. The number of phenolic OH excluding ortho intramolecular Hbond substituents is 1. The molecule has 2 N–H and O–H groups in total. The number of amides is 2. The third kappa shape index (κ3) is 4.10. The number of aromatic hydroxyl groups is 1. The summed E-state index contributed by atoms with van der Waals surface area (Å²) in [4.78, 5) is 25.5. The molecular formula is C15H16BrN3O4. The Morgan fingerprint density at radius 3 is 2.65 bits per heavy atom. The van der Waals surface area contributed by atoms with E-state index in [1.54, 1.807) is 32.0 Å². The average Bonchev–Trinajstić information content (AvgIpc) is 2.86. The van der Waals surface area contributed by atoms with E-state index in [2.05, 4.69) is 26.4 Å². The molecule has 0 aliphatic heterocycles. The lowest BCUT2D eigenvalue weighted by molar-refractivity contribution is -0.116. The first-order valence-electron chi connectivity index (χ1n) is 6.75. The van der Waals surface area contributed by atoms with Crippen LogP contribution in [-0.2, 0) is 4.79 Å². The summed E-state index contributed by atoms with van der Waals surface area (Å²) in [6.45, 7) is 3.33. The van der Waals surface area contributed by atoms with Crippen molar-refractivity contribution in [1.29, 1.82) is 0 Å². The molecule has 0 aliphatic carbocycles. The maximum Gasteiger partial charge on any atom is 0.257 e. The first-order chi connectivity index (χ1) is 10.8. The van der Waals surface area contributed by atoms with Gasteiger partial charge in [0, 0.05) is 13.1 Å². The van der Waals surface area contributed by atoms with E-state index in [1.807, 2.05) is 0 Å². The van der Waals surface area contributed by atoms with Gasteiger partial charge in [-0.1, -0.05) is 5.16 Å².